The average molecular weight is 284 g/mol. The quantitative estimate of drug-likeness (QED) is 0.838. The van der Waals surface area contributed by atoms with Crippen LogP contribution in [-0.2, 0) is 6.54 Å². The lowest BCUT2D eigenvalue weighted by Crippen LogP contribution is -2.40. The molecule has 0 aromatic heterocycles. The number of benzene rings is 1. The first-order valence-electron chi connectivity index (χ1n) is 7.25. The average Bonchev–Trinajstić information content (AvgIpc) is 2.40. The molecule has 2 unspecified atom stereocenters. The summed E-state index contributed by atoms with van der Waals surface area (Å²) >= 11 is 5.81. The summed E-state index contributed by atoms with van der Waals surface area (Å²) < 4.78 is 13.1. The van der Waals surface area contributed by atoms with Crippen LogP contribution < -0.4 is 5.32 Å². The second kappa shape index (κ2) is 6.71. The SMILES string of the molecule is CC(C)C1CCCCC1NCc1ccc(F)c(Cl)c1. The van der Waals surface area contributed by atoms with Crippen LogP contribution in [0.25, 0.3) is 0 Å². The monoisotopic (exact) mass is 283 g/mol. The van der Waals surface area contributed by atoms with E-state index in [-0.39, 0.29) is 10.8 Å². The molecule has 3 heteroatoms. The van der Waals surface area contributed by atoms with Gasteiger partial charge in [0.15, 0.2) is 0 Å². The molecule has 2 rings (SSSR count). The van der Waals surface area contributed by atoms with Gasteiger partial charge in [0.2, 0.25) is 0 Å². The zero-order valence-corrected chi connectivity index (χ0v) is 12.5. The Kier molecular flexibility index (Phi) is 5.23. The first kappa shape index (κ1) is 14.8. The van der Waals surface area contributed by atoms with Crippen LogP contribution in [0.3, 0.4) is 0 Å². The molecule has 1 aliphatic rings. The van der Waals surface area contributed by atoms with Crippen LogP contribution in [0, 0.1) is 17.7 Å². The maximum absolute atomic E-state index is 13.1. The summed E-state index contributed by atoms with van der Waals surface area (Å²) in [5.74, 6) is 1.13. The lowest BCUT2D eigenvalue weighted by atomic mass is 9.78. The summed E-state index contributed by atoms with van der Waals surface area (Å²) in [6, 6.07) is 5.55. The van der Waals surface area contributed by atoms with Gasteiger partial charge in [0.05, 0.1) is 5.02 Å². The summed E-state index contributed by atoms with van der Waals surface area (Å²) in [6.45, 7) is 5.38. The molecular formula is C16H23ClFN. The zero-order valence-electron chi connectivity index (χ0n) is 11.8. The van der Waals surface area contributed by atoms with Crippen molar-refractivity contribution < 1.29 is 4.39 Å². The van der Waals surface area contributed by atoms with Crippen LogP contribution in [0.2, 0.25) is 5.02 Å². The zero-order chi connectivity index (χ0) is 13.8. The molecule has 19 heavy (non-hydrogen) atoms. The van der Waals surface area contributed by atoms with Crippen molar-refractivity contribution in [3.8, 4) is 0 Å². The van der Waals surface area contributed by atoms with Crippen LogP contribution in [-0.4, -0.2) is 6.04 Å². The molecule has 0 heterocycles. The van der Waals surface area contributed by atoms with Gasteiger partial charge in [0.25, 0.3) is 0 Å². The molecule has 0 saturated heterocycles. The van der Waals surface area contributed by atoms with Crippen molar-refractivity contribution in [1.29, 1.82) is 0 Å². The van der Waals surface area contributed by atoms with E-state index in [1.165, 1.54) is 31.7 Å². The fraction of sp³-hybridized carbons (Fsp3) is 0.625. The van der Waals surface area contributed by atoms with Crippen molar-refractivity contribution in [2.75, 3.05) is 0 Å². The van der Waals surface area contributed by atoms with E-state index in [0.717, 1.165) is 23.9 Å². The van der Waals surface area contributed by atoms with E-state index in [0.29, 0.717) is 6.04 Å². The highest BCUT2D eigenvalue weighted by Crippen LogP contribution is 2.30. The fourth-order valence-electron chi connectivity index (χ4n) is 3.11. The van der Waals surface area contributed by atoms with Crippen molar-refractivity contribution in [2.45, 2.75) is 52.1 Å². The predicted octanol–water partition coefficient (Wildman–Crippen LogP) is 4.78. The van der Waals surface area contributed by atoms with E-state index in [1.54, 1.807) is 12.1 Å². The summed E-state index contributed by atoms with van der Waals surface area (Å²) in [7, 11) is 0. The van der Waals surface area contributed by atoms with Crippen molar-refractivity contribution in [3.63, 3.8) is 0 Å². The van der Waals surface area contributed by atoms with Gasteiger partial charge in [-0.05, 0) is 42.4 Å². The first-order valence-corrected chi connectivity index (χ1v) is 7.63. The largest absolute Gasteiger partial charge is 0.310 e. The van der Waals surface area contributed by atoms with Crippen LogP contribution in [0.15, 0.2) is 18.2 Å². The van der Waals surface area contributed by atoms with E-state index >= 15 is 0 Å². The highest BCUT2D eigenvalue weighted by molar-refractivity contribution is 6.30. The van der Waals surface area contributed by atoms with E-state index in [4.69, 9.17) is 11.6 Å². The normalized spacial score (nSPS) is 23.8. The number of nitrogens with one attached hydrogen (secondary N) is 1. The maximum atomic E-state index is 13.1. The van der Waals surface area contributed by atoms with Crippen molar-refractivity contribution in [3.05, 3.63) is 34.6 Å². The Morgan fingerprint density at radius 1 is 1.32 bits per heavy atom. The van der Waals surface area contributed by atoms with Gasteiger partial charge in [0, 0.05) is 12.6 Å². The van der Waals surface area contributed by atoms with Crippen molar-refractivity contribution in [1.82, 2.24) is 5.32 Å². The molecule has 1 aromatic carbocycles. The molecule has 2 atom stereocenters. The molecule has 0 amide bonds. The minimum atomic E-state index is -0.344. The smallest absolute Gasteiger partial charge is 0.141 e. The molecule has 1 aromatic rings. The molecule has 1 saturated carbocycles. The third-order valence-electron chi connectivity index (χ3n) is 4.23. The lowest BCUT2D eigenvalue weighted by Gasteiger charge is -2.35. The Labute approximate surface area is 120 Å². The first-order chi connectivity index (χ1) is 9.08. The Morgan fingerprint density at radius 3 is 2.74 bits per heavy atom. The van der Waals surface area contributed by atoms with Gasteiger partial charge < -0.3 is 5.32 Å². The van der Waals surface area contributed by atoms with E-state index in [1.807, 2.05) is 0 Å². The van der Waals surface area contributed by atoms with Gasteiger partial charge in [-0.2, -0.15) is 0 Å². The molecule has 0 radical (unpaired) electrons. The van der Waals surface area contributed by atoms with Crippen molar-refractivity contribution in [2.24, 2.45) is 11.8 Å². The molecular weight excluding hydrogens is 261 g/mol. The van der Waals surface area contributed by atoms with Gasteiger partial charge in [-0.3, -0.25) is 0 Å². The minimum absolute atomic E-state index is 0.211. The van der Waals surface area contributed by atoms with Gasteiger partial charge in [0.1, 0.15) is 5.82 Å². The maximum Gasteiger partial charge on any atom is 0.141 e. The lowest BCUT2D eigenvalue weighted by molar-refractivity contribution is 0.204. The highest BCUT2D eigenvalue weighted by Gasteiger charge is 2.26. The number of hydrogen-bond donors (Lipinski definition) is 1. The molecule has 0 aliphatic heterocycles. The summed E-state index contributed by atoms with van der Waals surface area (Å²) in [5.41, 5.74) is 1.06. The third-order valence-corrected chi connectivity index (χ3v) is 4.52. The Morgan fingerprint density at radius 2 is 2.05 bits per heavy atom. The van der Waals surface area contributed by atoms with Gasteiger partial charge >= 0.3 is 0 Å². The Hall–Kier alpha value is -0.600. The van der Waals surface area contributed by atoms with Gasteiger partial charge in [-0.15, -0.1) is 0 Å². The minimum Gasteiger partial charge on any atom is -0.310 e. The summed E-state index contributed by atoms with van der Waals surface area (Å²) in [6.07, 6.45) is 5.23. The Bertz CT molecular complexity index is 419. The van der Waals surface area contributed by atoms with Gasteiger partial charge in [-0.1, -0.05) is 44.4 Å². The number of hydrogen-bond acceptors (Lipinski definition) is 1. The summed E-state index contributed by atoms with van der Waals surface area (Å²) in [4.78, 5) is 0. The fourth-order valence-corrected chi connectivity index (χ4v) is 3.31. The topological polar surface area (TPSA) is 12.0 Å². The molecule has 1 nitrogen and oxygen atoms in total. The van der Waals surface area contributed by atoms with Crippen LogP contribution in [0.5, 0.6) is 0 Å². The van der Waals surface area contributed by atoms with Crippen LogP contribution >= 0.6 is 11.6 Å². The molecule has 106 valence electrons. The summed E-state index contributed by atoms with van der Waals surface area (Å²) in [5, 5.41) is 3.85. The highest BCUT2D eigenvalue weighted by atomic mass is 35.5. The second-order valence-corrected chi connectivity index (χ2v) is 6.34. The molecule has 1 N–H and O–H groups in total. The third kappa shape index (κ3) is 3.93. The predicted molar refractivity (Wildman–Crippen MR) is 78.8 cm³/mol. The van der Waals surface area contributed by atoms with E-state index < -0.39 is 0 Å². The van der Waals surface area contributed by atoms with Gasteiger partial charge in [-0.25, -0.2) is 4.39 Å². The number of halogens is 2. The van der Waals surface area contributed by atoms with Crippen LogP contribution in [0.1, 0.15) is 45.1 Å². The molecule has 0 bridgehead atoms. The molecule has 0 spiro atoms. The van der Waals surface area contributed by atoms with Crippen LogP contribution in [0.4, 0.5) is 4.39 Å². The second-order valence-electron chi connectivity index (χ2n) is 5.93. The molecule has 1 aliphatic carbocycles. The van der Waals surface area contributed by atoms with E-state index in [9.17, 15) is 4.39 Å². The Balaban J connectivity index is 1.94. The number of rotatable bonds is 4. The molecule has 1 fully saturated rings. The van der Waals surface area contributed by atoms with Crippen molar-refractivity contribution >= 4 is 11.6 Å². The standard InChI is InChI=1S/C16H23ClFN/c1-11(2)13-5-3-4-6-16(13)19-10-12-7-8-15(18)14(17)9-12/h7-9,11,13,16,19H,3-6,10H2,1-2H3. The van der Waals surface area contributed by atoms with E-state index in [2.05, 4.69) is 19.2 Å².